The molecule has 0 aliphatic rings. The average Bonchev–Trinajstić information content (AvgIpc) is 1.88. The third kappa shape index (κ3) is 3.20. The number of hydrogen-bond donors (Lipinski definition) is 0. The Morgan fingerprint density at radius 2 is 1.82 bits per heavy atom. The Morgan fingerprint density at radius 1 is 1.18 bits per heavy atom. The van der Waals surface area contributed by atoms with Gasteiger partial charge in [-0.2, -0.15) is 35.9 Å². The zero-order chi connectivity index (χ0) is 7.61. The Bertz CT molecular complexity index is 196. The van der Waals surface area contributed by atoms with Crippen LogP contribution in [-0.4, -0.2) is 0 Å². The van der Waals surface area contributed by atoms with Crippen LogP contribution in [0.15, 0.2) is 24.3 Å². The maximum atomic E-state index is 3.21. The molecule has 0 aliphatic heterocycles. The van der Waals surface area contributed by atoms with Gasteiger partial charge in [0.25, 0.3) is 0 Å². The van der Waals surface area contributed by atoms with Gasteiger partial charge in [-0.05, 0) is 5.41 Å². The Balaban J connectivity index is 0.000001000. The van der Waals surface area contributed by atoms with Gasteiger partial charge in [0.2, 0.25) is 0 Å². The van der Waals surface area contributed by atoms with Crippen LogP contribution in [0, 0.1) is 6.07 Å². The van der Waals surface area contributed by atoms with E-state index in [9.17, 15) is 0 Å². The number of rotatable bonds is 0. The quantitative estimate of drug-likeness (QED) is 0.646. The van der Waals surface area contributed by atoms with Crippen molar-refractivity contribution < 1.29 is 21.1 Å². The molecule has 0 amide bonds. The molecule has 0 N–H and O–H groups in total. The van der Waals surface area contributed by atoms with Gasteiger partial charge in [-0.3, -0.25) is 0 Å². The fourth-order valence-electron chi connectivity index (χ4n) is 0.860. The van der Waals surface area contributed by atoms with Crippen molar-refractivity contribution in [1.82, 2.24) is 0 Å². The number of benzene rings is 1. The minimum absolute atomic E-state index is 0. The standard InChI is InChI=1S/C10H13.W/c1-10(2,3)9-7-5-4-6-8-9;/h4-7H,1-3H3;/q-1;. The third-order valence-corrected chi connectivity index (χ3v) is 1.52. The fourth-order valence-corrected chi connectivity index (χ4v) is 0.860. The normalized spacial score (nSPS) is 10.5. The molecule has 0 atom stereocenters. The van der Waals surface area contributed by atoms with Crippen molar-refractivity contribution in [1.29, 1.82) is 0 Å². The van der Waals surface area contributed by atoms with E-state index in [0.717, 1.165) is 0 Å². The van der Waals surface area contributed by atoms with Crippen LogP contribution in [0.3, 0.4) is 0 Å². The van der Waals surface area contributed by atoms with E-state index in [4.69, 9.17) is 0 Å². The van der Waals surface area contributed by atoms with E-state index < -0.39 is 0 Å². The molecule has 1 rings (SSSR count). The van der Waals surface area contributed by atoms with E-state index in [2.05, 4.69) is 39.0 Å². The van der Waals surface area contributed by atoms with E-state index in [1.54, 1.807) is 0 Å². The first kappa shape index (κ1) is 10.9. The fraction of sp³-hybridized carbons (Fsp3) is 0.400. The topological polar surface area (TPSA) is 0 Å². The summed E-state index contributed by atoms with van der Waals surface area (Å²) in [5, 5.41) is 0. The molecular formula is C10H13W-. The molecule has 11 heavy (non-hydrogen) atoms. The molecule has 0 fully saturated rings. The van der Waals surface area contributed by atoms with Gasteiger partial charge in [-0.1, -0.05) is 20.8 Å². The second-order valence-corrected chi connectivity index (χ2v) is 3.53. The zero-order valence-electron chi connectivity index (χ0n) is 7.22. The van der Waals surface area contributed by atoms with Crippen LogP contribution in [0.1, 0.15) is 26.3 Å². The molecule has 0 aliphatic carbocycles. The molecule has 1 heteroatoms. The van der Waals surface area contributed by atoms with Gasteiger partial charge in [0.05, 0.1) is 0 Å². The predicted molar refractivity (Wildman–Crippen MR) is 44.0 cm³/mol. The molecule has 0 aromatic heterocycles. The summed E-state index contributed by atoms with van der Waals surface area (Å²) >= 11 is 0. The van der Waals surface area contributed by atoms with Crippen molar-refractivity contribution >= 4 is 0 Å². The average molecular weight is 317 g/mol. The molecule has 0 saturated carbocycles. The molecular weight excluding hydrogens is 304 g/mol. The first-order valence-corrected chi connectivity index (χ1v) is 3.58. The van der Waals surface area contributed by atoms with Gasteiger partial charge in [0.15, 0.2) is 0 Å². The SMILES string of the molecule is CC(C)(C)c1[c-]cccc1.[W]. The Kier molecular flexibility index (Phi) is 4.03. The van der Waals surface area contributed by atoms with E-state index in [1.807, 2.05) is 12.1 Å². The van der Waals surface area contributed by atoms with Gasteiger partial charge >= 0.3 is 0 Å². The first-order valence-electron chi connectivity index (χ1n) is 3.58. The third-order valence-electron chi connectivity index (χ3n) is 1.52. The first-order chi connectivity index (χ1) is 4.61. The van der Waals surface area contributed by atoms with Crippen molar-refractivity contribution in [2.45, 2.75) is 26.2 Å². The largest absolute Gasteiger partial charge is 0.180 e. The maximum Gasteiger partial charge on any atom is 0 e. The predicted octanol–water partition coefficient (Wildman–Crippen LogP) is 2.78. The van der Waals surface area contributed by atoms with Gasteiger partial charge in [0.1, 0.15) is 0 Å². The van der Waals surface area contributed by atoms with E-state index in [1.165, 1.54) is 5.56 Å². The Morgan fingerprint density at radius 3 is 2.09 bits per heavy atom. The van der Waals surface area contributed by atoms with Crippen LogP contribution in [0.2, 0.25) is 0 Å². The minimum Gasteiger partial charge on any atom is -0.180 e. The molecule has 0 bridgehead atoms. The second-order valence-electron chi connectivity index (χ2n) is 3.53. The summed E-state index contributed by atoms with van der Waals surface area (Å²) in [6.45, 7) is 6.58. The summed E-state index contributed by atoms with van der Waals surface area (Å²) < 4.78 is 0. The van der Waals surface area contributed by atoms with Crippen LogP contribution >= 0.6 is 0 Å². The summed E-state index contributed by atoms with van der Waals surface area (Å²) in [6.07, 6.45) is 0. The van der Waals surface area contributed by atoms with Crippen molar-refractivity contribution in [2.75, 3.05) is 0 Å². The van der Waals surface area contributed by atoms with Gasteiger partial charge in [0, 0.05) is 21.1 Å². The van der Waals surface area contributed by atoms with Gasteiger partial charge in [-0.25, -0.2) is 0 Å². The Labute approximate surface area is 83.3 Å². The van der Waals surface area contributed by atoms with Crippen LogP contribution in [0.25, 0.3) is 0 Å². The van der Waals surface area contributed by atoms with Crippen LogP contribution in [0.4, 0.5) is 0 Å². The van der Waals surface area contributed by atoms with Gasteiger partial charge < -0.3 is 0 Å². The van der Waals surface area contributed by atoms with E-state index >= 15 is 0 Å². The molecule has 0 radical (unpaired) electrons. The summed E-state index contributed by atoms with van der Waals surface area (Å²) in [4.78, 5) is 0. The minimum atomic E-state index is 0. The number of hydrogen-bond acceptors (Lipinski definition) is 0. The van der Waals surface area contributed by atoms with Crippen molar-refractivity contribution in [3.8, 4) is 0 Å². The smallest absolute Gasteiger partial charge is 0 e. The van der Waals surface area contributed by atoms with Crippen molar-refractivity contribution in [3.63, 3.8) is 0 Å². The molecule has 60 valence electrons. The van der Waals surface area contributed by atoms with Crippen LogP contribution in [0.5, 0.6) is 0 Å². The zero-order valence-corrected chi connectivity index (χ0v) is 10.2. The Hall–Kier alpha value is -0.0917. The molecule has 0 spiro atoms. The maximum absolute atomic E-state index is 3.21. The van der Waals surface area contributed by atoms with Crippen LogP contribution < -0.4 is 0 Å². The van der Waals surface area contributed by atoms with E-state index in [0.29, 0.717) is 0 Å². The summed E-state index contributed by atoms with van der Waals surface area (Å²) in [6, 6.07) is 11.3. The molecule has 0 heterocycles. The van der Waals surface area contributed by atoms with Gasteiger partial charge in [-0.15, -0.1) is 0 Å². The second kappa shape index (κ2) is 4.06. The summed E-state index contributed by atoms with van der Waals surface area (Å²) in [7, 11) is 0. The van der Waals surface area contributed by atoms with Crippen molar-refractivity contribution in [2.24, 2.45) is 0 Å². The molecule has 0 unspecified atom stereocenters. The molecule has 1 aromatic rings. The van der Waals surface area contributed by atoms with Crippen LogP contribution in [-0.2, 0) is 26.5 Å². The molecule has 0 saturated heterocycles. The monoisotopic (exact) mass is 317 g/mol. The summed E-state index contributed by atoms with van der Waals surface area (Å²) in [5.41, 5.74) is 1.51. The van der Waals surface area contributed by atoms with E-state index in [-0.39, 0.29) is 26.5 Å². The van der Waals surface area contributed by atoms with Crippen molar-refractivity contribution in [3.05, 3.63) is 35.9 Å². The molecule has 0 nitrogen and oxygen atoms in total. The summed E-state index contributed by atoms with van der Waals surface area (Å²) in [5.74, 6) is 0. The molecule has 1 aromatic carbocycles.